The first kappa shape index (κ1) is 24.6. The van der Waals surface area contributed by atoms with Gasteiger partial charge in [-0.25, -0.2) is 22.5 Å². The van der Waals surface area contributed by atoms with Gasteiger partial charge in [0.25, 0.3) is 21.5 Å². The predicted molar refractivity (Wildman–Crippen MR) is 131 cm³/mol. The lowest BCUT2D eigenvalue weighted by atomic mass is 9.90. The molecular weight excluding hydrogens is 471 g/mol. The van der Waals surface area contributed by atoms with E-state index in [1.54, 1.807) is 19.1 Å². The summed E-state index contributed by atoms with van der Waals surface area (Å²) in [5.41, 5.74) is 0.148. The molecular formula is C25H27FN4O4S. The highest BCUT2D eigenvalue weighted by Gasteiger charge is 2.41. The first-order chi connectivity index (χ1) is 16.4. The SMILES string of the molecule is Cc1ccc(-c2ccc(C(=O)NS(=O)(=O)c3ccc[nH]c3=O)c(N3CCC(C)C3(C)C)n2)c(F)c1. The second-order valence-electron chi connectivity index (χ2n) is 9.34. The van der Waals surface area contributed by atoms with Gasteiger partial charge in [0.15, 0.2) is 4.90 Å². The Balaban J connectivity index is 1.81. The minimum absolute atomic E-state index is 0.0133. The molecule has 3 aromatic rings. The Morgan fingerprint density at radius 2 is 1.97 bits per heavy atom. The highest BCUT2D eigenvalue weighted by atomic mass is 32.2. The first-order valence-electron chi connectivity index (χ1n) is 11.2. The predicted octanol–water partition coefficient (Wildman–Crippen LogP) is 3.63. The summed E-state index contributed by atoms with van der Waals surface area (Å²) >= 11 is 0. The molecule has 1 aliphatic rings. The zero-order chi connectivity index (χ0) is 25.5. The van der Waals surface area contributed by atoms with Crippen molar-refractivity contribution < 1.29 is 17.6 Å². The number of aromatic amines is 1. The van der Waals surface area contributed by atoms with Crippen molar-refractivity contribution in [2.45, 2.75) is 44.6 Å². The van der Waals surface area contributed by atoms with Gasteiger partial charge < -0.3 is 9.88 Å². The number of hydrogen-bond acceptors (Lipinski definition) is 6. The van der Waals surface area contributed by atoms with Crippen molar-refractivity contribution in [2.24, 2.45) is 5.92 Å². The van der Waals surface area contributed by atoms with E-state index in [4.69, 9.17) is 0 Å². The number of carbonyl (C=O) groups excluding carboxylic acids is 1. The fraction of sp³-hybridized carbons (Fsp3) is 0.320. The van der Waals surface area contributed by atoms with Crippen LogP contribution in [0, 0.1) is 18.7 Å². The minimum atomic E-state index is -4.44. The van der Waals surface area contributed by atoms with E-state index in [2.05, 4.69) is 16.9 Å². The van der Waals surface area contributed by atoms with Crippen LogP contribution in [0.15, 0.2) is 58.4 Å². The number of halogens is 1. The number of anilines is 1. The molecule has 1 aromatic carbocycles. The van der Waals surface area contributed by atoms with Crippen LogP contribution in [0.25, 0.3) is 11.3 Å². The number of sulfonamides is 1. The third-order valence-electron chi connectivity index (χ3n) is 6.76. The number of nitrogens with one attached hydrogen (secondary N) is 2. The lowest BCUT2D eigenvalue weighted by molar-refractivity contribution is 0.0981. The van der Waals surface area contributed by atoms with E-state index in [0.717, 1.165) is 18.1 Å². The minimum Gasteiger partial charge on any atom is -0.351 e. The van der Waals surface area contributed by atoms with Gasteiger partial charge in [0.05, 0.1) is 11.3 Å². The molecule has 2 aromatic heterocycles. The molecule has 1 fully saturated rings. The number of pyridine rings is 2. The molecule has 0 bridgehead atoms. The number of rotatable bonds is 5. The number of hydrogen-bond donors (Lipinski definition) is 2. The van der Waals surface area contributed by atoms with E-state index in [9.17, 15) is 22.4 Å². The van der Waals surface area contributed by atoms with Crippen LogP contribution >= 0.6 is 0 Å². The zero-order valence-electron chi connectivity index (χ0n) is 19.9. The van der Waals surface area contributed by atoms with Crippen LogP contribution in [0.5, 0.6) is 0 Å². The average molecular weight is 499 g/mol. The molecule has 1 aliphatic heterocycles. The van der Waals surface area contributed by atoms with Gasteiger partial charge in [0, 0.05) is 23.8 Å². The summed E-state index contributed by atoms with van der Waals surface area (Å²) in [4.78, 5) is 33.5. The van der Waals surface area contributed by atoms with E-state index in [1.807, 2.05) is 23.5 Å². The van der Waals surface area contributed by atoms with E-state index in [1.165, 1.54) is 30.5 Å². The summed E-state index contributed by atoms with van der Waals surface area (Å²) in [5, 5.41) is 0. The van der Waals surface area contributed by atoms with Crippen LogP contribution in [0.3, 0.4) is 0 Å². The molecule has 0 spiro atoms. The second-order valence-corrected chi connectivity index (χ2v) is 11.0. The van der Waals surface area contributed by atoms with Gasteiger partial charge in [-0.05, 0) is 75.1 Å². The van der Waals surface area contributed by atoms with Gasteiger partial charge in [-0.15, -0.1) is 0 Å². The van der Waals surface area contributed by atoms with Gasteiger partial charge in [-0.1, -0.05) is 13.0 Å². The Bertz CT molecular complexity index is 1470. The lowest BCUT2D eigenvalue weighted by Crippen LogP contribution is -2.44. The highest BCUT2D eigenvalue weighted by molar-refractivity contribution is 7.90. The maximum atomic E-state index is 14.7. The molecule has 1 atom stereocenters. The monoisotopic (exact) mass is 498 g/mol. The molecule has 4 rings (SSSR count). The van der Waals surface area contributed by atoms with Crippen molar-refractivity contribution in [3.8, 4) is 11.3 Å². The normalized spacial score (nSPS) is 17.4. The van der Waals surface area contributed by atoms with Crippen LogP contribution in [0.1, 0.15) is 43.1 Å². The molecule has 184 valence electrons. The van der Waals surface area contributed by atoms with Gasteiger partial charge in [-0.3, -0.25) is 9.59 Å². The highest BCUT2D eigenvalue weighted by Crippen LogP contribution is 2.39. The Labute approximate surface area is 203 Å². The molecule has 1 saturated heterocycles. The maximum Gasteiger partial charge on any atom is 0.269 e. The third-order valence-corrected chi connectivity index (χ3v) is 8.12. The van der Waals surface area contributed by atoms with Crippen molar-refractivity contribution in [3.63, 3.8) is 0 Å². The molecule has 0 radical (unpaired) electrons. The Morgan fingerprint density at radius 3 is 2.60 bits per heavy atom. The van der Waals surface area contributed by atoms with Gasteiger partial charge in [0.2, 0.25) is 0 Å². The summed E-state index contributed by atoms with van der Waals surface area (Å²) in [7, 11) is -4.44. The van der Waals surface area contributed by atoms with Gasteiger partial charge >= 0.3 is 0 Å². The number of carbonyl (C=O) groups is 1. The third kappa shape index (κ3) is 4.58. The molecule has 10 heteroatoms. The average Bonchev–Trinajstić information content (AvgIpc) is 3.05. The largest absolute Gasteiger partial charge is 0.351 e. The van der Waals surface area contributed by atoms with Crippen molar-refractivity contribution >= 4 is 21.7 Å². The topological polar surface area (TPSA) is 112 Å². The molecule has 0 aliphatic carbocycles. The summed E-state index contributed by atoms with van der Waals surface area (Å²) in [5.74, 6) is -0.847. The zero-order valence-corrected chi connectivity index (χ0v) is 20.7. The fourth-order valence-corrected chi connectivity index (χ4v) is 5.29. The van der Waals surface area contributed by atoms with Gasteiger partial charge in [-0.2, -0.15) is 0 Å². The Kier molecular flexibility index (Phi) is 6.27. The molecule has 35 heavy (non-hydrogen) atoms. The van der Waals surface area contributed by atoms with E-state index >= 15 is 0 Å². The number of benzene rings is 1. The van der Waals surface area contributed by atoms with Crippen LogP contribution in [-0.2, 0) is 10.0 Å². The maximum absolute atomic E-state index is 14.7. The molecule has 8 nitrogen and oxygen atoms in total. The molecule has 3 heterocycles. The van der Waals surface area contributed by atoms with Crippen LogP contribution < -0.4 is 15.2 Å². The summed E-state index contributed by atoms with van der Waals surface area (Å²) in [6.45, 7) is 8.51. The summed E-state index contributed by atoms with van der Waals surface area (Å²) in [6.07, 6.45) is 2.14. The molecule has 1 unspecified atom stereocenters. The van der Waals surface area contributed by atoms with E-state index < -0.39 is 32.2 Å². The second kappa shape index (κ2) is 8.92. The molecule has 1 amide bonds. The van der Waals surface area contributed by atoms with Crippen molar-refractivity contribution in [3.05, 3.63) is 76.0 Å². The molecule has 2 N–H and O–H groups in total. The number of aromatic nitrogens is 2. The first-order valence-corrected chi connectivity index (χ1v) is 12.7. The quantitative estimate of drug-likeness (QED) is 0.556. The lowest BCUT2D eigenvalue weighted by Gasteiger charge is -2.36. The number of nitrogens with zero attached hydrogens (tertiary/aromatic N) is 2. The van der Waals surface area contributed by atoms with Gasteiger partial charge in [0.1, 0.15) is 11.6 Å². The van der Waals surface area contributed by atoms with E-state index in [0.29, 0.717) is 12.2 Å². The Hall–Kier alpha value is -3.53. The van der Waals surface area contributed by atoms with Crippen molar-refractivity contribution in [2.75, 3.05) is 11.4 Å². The Morgan fingerprint density at radius 1 is 1.23 bits per heavy atom. The molecule has 0 saturated carbocycles. The van der Waals surface area contributed by atoms with Crippen molar-refractivity contribution in [1.82, 2.24) is 14.7 Å². The standard InChI is InChI=1S/C25H27FN4O4S/c1-15-7-8-17(19(26)14-15)20-10-9-18(22(28-20)30-13-11-16(2)25(30,3)4)23(31)29-35(33,34)21-6-5-12-27-24(21)32/h5-10,12,14,16H,11,13H2,1-4H3,(H,27,32)(H,29,31). The number of aryl methyl sites for hydroxylation is 1. The summed E-state index contributed by atoms with van der Waals surface area (Å²) < 4.78 is 42.3. The smallest absolute Gasteiger partial charge is 0.269 e. The number of H-pyrrole nitrogens is 1. The fourth-order valence-electron chi connectivity index (χ4n) is 4.27. The van der Waals surface area contributed by atoms with E-state index in [-0.39, 0.29) is 28.4 Å². The van der Waals surface area contributed by atoms with Crippen molar-refractivity contribution in [1.29, 1.82) is 0 Å². The summed E-state index contributed by atoms with van der Waals surface area (Å²) in [6, 6.07) is 10.2. The van der Waals surface area contributed by atoms with Crippen LogP contribution in [-0.4, -0.2) is 36.4 Å². The van der Waals surface area contributed by atoms with Crippen LogP contribution in [0.2, 0.25) is 0 Å². The number of amides is 1. The van der Waals surface area contributed by atoms with Crippen LogP contribution in [0.4, 0.5) is 10.2 Å².